The number of fused-ring (bicyclic) bond motifs is 1. The summed E-state index contributed by atoms with van der Waals surface area (Å²) in [5, 5.41) is 0. The maximum absolute atomic E-state index is 12.9. The summed E-state index contributed by atoms with van der Waals surface area (Å²) in [6, 6.07) is 7.43. The first kappa shape index (κ1) is 13.0. The van der Waals surface area contributed by atoms with Crippen LogP contribution in [-0.2, 0) is 11.2 Å². The van der Waals surface area contributed by atoms with Crippen LogP contribution < -0.4 is 5.73 Å². The van der Waals surface area contributed by atoms with Crippen LogP contribution in [0.25, 0.3) is 0 Å². The van der Waals surface area contributed by atoms with Crippen molar-refractivity contribution in [3.05, 3.63) is 35.6 Å². The number of halogens is 1. The Morgan fingerprint density at radius 1 is 1.26 bits per heavy atom. The Balaban J connectivity index is 1.58. The van der Waals surface area contributed by atoms with E-state index in [-0.39, 0.29) is 11.9 Å². The van der Waals surface area contributed by atoms with E-state index in [0.717, 1.165) is 26.1 Å². The summed E-state index contributed by atoms with van der Waals surface area (Å²) in [6.45, 7) is 3.48. The molecule has 3 atom stereocenters. The van der Waals surface area contributed by atoms with E-state index in [4.69, 9.17) is 10.5 Å². The molecule has 104 valence electrons. The van der Waals surface area contributed by atoms with Crippen molar-refractivity contribution in [3.8, 4) is 0 Å². The van der Waals surface area contributed by atoms with Crippen molar-refractivity contribution >= 4 is 0 Å². The lowest BCUT2D eigenvalue weighted by molar-refractivity contribution is -0.0434. The Kier molecular flexibility index (Phi) is 3.82. The van der Waals surface area contributed by atoms with Crippen molar-refractivity contribution in [2.24, 2.45) is 11.7 Å². The number of nitrogens with two attached hydrogens (primary N) is 1. The highest BCUT2D eigenvalue weighted by atomic mass is 19.1. The highest BCUT2D eigenvalue weighted by molar-refractivity contribution is 5.17. The third-order valence-electron chi connectivity index (χ3n) is 4.28. The minimum Gasteiger partial charge on any atom is -0.374 e. The Bertz CT molecular complexity index is 423. The van der Waals surface area contributed by atoms with Gasteiger partial charge in [-0.1, -0.05) is 12.1 Å². The van der Waals surface area contributed by atoms with Crippen LogP contribution in [0, 0.1) is 11.7 Å². The molecule has 0 bridgehead atoms. The number of hydrogen-bond acceptors (Lipinski definition) is 3. The summed E-state index contributed by atoms with van der Waals surface area (Å²) in [5.74, 6) is 0.488. The van der Waals surface area contributed by atoms with Gasteiger partial charge in [-0.15, -0.1) is 0 Å². The number of morpholine rings is 1. The molecule has 2 aliphatic heterocycles. The Hall–Kier alpha value is -0.970. The molecule has 4 heteroatoms. The summed E-state index contributed by atoms with van der Waals surface area (Å²) >= 11 is 0. The highest BCUT2D eigenvalue weighted by Gasteiger charge is 2.36. The predicted octanol–water partition coefficient (Wildman–Crippen LogP) is 1.42. The largest absolute Gasteiger partial charge is 0.374 e. The van der Waals surface area contributed by atoms with Gasteiger partial charge in [0.2, 0.25) is 0 Å². The van der Waals surface area contributed by atoms with Crippen LogP contribution in [0.1, 0.15) is 12.0 Å². The summed E-state index contributed by atoms with van der Waals surface area (Å²) in [6.07, 6.45) is 2.40. The van der Waals surface area contributed by atoms with Gasteiger partial charge < -0.3 is 10.5 Å². The van der Waals surface area contributed by atoms with Crippen molar-refractivity contribution in [2.75, 3.05) is 26.2 Å². The van der Waals surface area contributed by atoms with Crippen molar-refractivity contribution in [1.29, 1.82) is 0 Å². The molecule has 2 heterocycles. The molecule has 3 rings (SSSR count). The molecule has 0 aliphatic carbocycles. The first-order valence-corrected chi connectivity index (χ1v) is 7.04. The number of benzene rings is 1. The minimum atomic E-state index is -0.160. The third-order valence-corrected chi connectivity index (χ3v) is 4.28. The van der Waals surface area contributed by atoms with Gasteiger partial charge in [0.05, 0.1) is 12.7 Å². The lowest BCUT2D eigenvalue weighted by Gasteiger charge is -2.34. The second-order valence-electron chi connectivity index (χ2n) is 5.73. The van der Waals surface area contributed by atoms with Crippen LogP contribution in [0.5, 0.6) is 0 Å². The van der Waals surface area contributed by atoms with Gasteiger partial charge in [0.1, 0.15) is 5.82 Å². The molecule has 19 heavy (non-hydrogen) atoms. The van der Waals surface area contributed by atoms with Gasteiger partial charge in [-0.2, -0.15) is 0 Å². The average molecular weight is 264 g/mol. The second-order valence-corrected chi connectivity index (χ2v) is 5.73. The van der Waals surface area contributed by atoms with Gasteiger partial charge in [0.25, 0.3) is 0 Å². The Morgan fingerprint density at radius 2 is 2.05 bits per heavy atom. The maximum Gasteiger partial charge on any atom is 0.123 e. The SMILES string of the molecule is NC[C@H]1CN2C[C@@H](Cc3ccc(F)cc3)C[C@@H]2CO1. The van der Waals surface area contributed by atoms with Crippen LogP contribution in [0.3, 0.4) is 0 Å². The van der Waals surface area contributed by atoms with Crippen LogP contribution >= 0.6 is 0 Å². The molecule has 2 aliphatic rings. The van der Waals surface area contributed by atoms with E-state index in [9.17, 15) is 4.39 Å². The fourth-order valence-electron chi connectivity index (χ4n) is 3.29. The maximum atomic E-state index is 12.9. The molecule has 0 unspecified atom stereocenters. The van der Waals surface area contributed by atoms with E-state index < -0.39 is 0 Å². The zero-order chi connectivity index (χ0) is 13.2. The first-order chi connectivity index (χ1) is 9.24. The van der Waals surface area contributed by atoms with Gasteiger partial charge in [-0.3, -0.25) is 4.90 Å². The van der Waals surface area contributed by atoms with Crippen LogP contribution in [0.4, 0.5) is 4.39 Å². The second kappa shape index (κ2) is 5.57. The van der Waals surface area contributed by atoms with Crippen LogP contribution in [0.2, 0.25) is 0 Å². The quantitative estimate of drug-likeness (QED) is 0.897. The molecular formula is C15H21FN2O. The number of rotatable bonds is 3. The summed E-state index contributed by atoms with van der Waals surface area (Å²) < 4.78 is 18.6. The van der Waals surface area contributed by atoms with Crippen LogP contribution in [-0.4, -0.2) is 43.3 Å². The van der Waals surface area contributed by atoms with E-state index >= 15 is 0 Å². The van der Waals surface area contributed by atoms with Crippen molar-refractivity contribution in [3.63, 3.8) is 0 Å². The average Bonchev–Trinajstić information content (AvgIpc) is 2.82. The minimum absolute atomic E-state index is 0.160. The van der Waals surface area contributed by atoms with E-state index in [0.29, 0.717) is 18.5 Å². The molecule has 0 spiro atoms. The fraction of sp³-hybridized carbons (Fsp3) is 0.600. The van der Waals surface area contributed by atoms with E-state index in [2.05, 4.69) is 4.90 Å². The molecule has 1 aromatic rings. The van der Waals surface area contributed by atoms with Crippen molar-refractivity contribution < 1.29 is 9.13 Å². The molecule has 0 saturated carbocycles. The van der Waals surface area contributed by atoms with Crippen LogP contribution in [0.15, 0.2) is 24.3 Å². The zero-order valence-electron chi connectivity index (χ0n) is 11.1. The third kappa shape index (κ3) is 2.96. The van der Waals surface area contributed by atoms with Gasteiger partial charge in [0.15, 0.2) is 0 Å². The topological polar surface area (TPSA) is 38.5 Å². The normalized spacial score (nSPS) is 31.4. The van der Waals surface area contributed by atoms with E-state index in [1.165, 1.54) is 12.0 Å². The Morgan fingerprint density at radius 3 is 2.79 bits per heavy atom. The molecule has 1 aromatic carbocycles. The molecule has 2 fully saturated rings. The van der Waals surface area contributed by atoms with Gasteiger partial charge in [0, 0.05) is 25.7 Å². The molecule has 2 saturated heterocycles. The monoisotopic (exact) mass is 264 g/mol. The van der Waals surface area contributed by atoms with E-state index in [1.54, 1.807) is 12.1 Å². The standard InChI is InChI=1S/C15H21FN2O/c16-13-3-1-11(2-4-13)5-12-6-14-10-19-15(7-17)9-18(14)8-12/h1-4,12,14-15H,5-10,17H2/t12-,14+,15-/m0/s1. The molecule has 3 nitrogen and oxygen atoms in total. The van der Waals surface area contributed by atoms with Gasteiger partial charge in [-0.05, 0) is 36.5 Å². The van der Waals surface area contributed by atoms with Gasteiger partial charge in [-0.25, -0.2) is 4.39 Å². The highest BCUT2D eigenvalue weighted by Crippen LogP contribution is 2.29. The lowest BCUT2D eigenvalue weighted by Crippen LogP contribution is -2.48. The zero-order valence-corrected chi connectivity index (χ0v) is 11.1. The number of ether oxygens (including phenoxy) is 1. The number of nitrogens with zero attached hydrogens (tertiary/aromatic N) is 1. The molecular weight excluding hydrogens is 243 g/mol. The smallest absolute Gasteiger partial charge is 0.123 e. The summed E-state index contributed by atoms with van der Waals surface area (Å²) in [4.78, 5) is 2.51. The molecule has 2 N–H and O–H groups in total. The van der Waals surface area contributed by atoms with E-state index in [1.807, 2.05) is 12.1 Å². The molecule has 0 radical (unpaired) electrons. The Labute approximate surface area is 113 Å². The number of hydrogen-bond donors (Lipinski definition) is 1. The lowest BCUT2D eigenvalue weighted by atomic mass is 9.97. The van der Waals surface area contributed by atoms with Crippen molar-refractivity contribution in [2.45, 2.75) is 25.0 Å². The summed E-state index contributed by atoms with van der Waals surface area (Å²) in [7, 11) is 0. The first-order valence-electron chi connectivity index (χ1n) is 7.04. The predicted molar refractivity (Wildman–Crippen MR) is 72.4 cm³/mol. The molecule has 0 amide bonds. The summed E-state index contributed by atoms with van der Waals surface area (Å²) in [5.41, 5.74) is 6.90. The fourth-order valence-corrected chi connectivity index (χ4v) is 3.29. The van der Waals surface area contributed by atoms with Crippen molar-refractivity contribution in [1.82, 2.24) is 4.90 Å². The molecule has 0 aromatic heterocycles. The van der Waals surface area contributed by atoms with Gasteiger partial charge >= 0.3 is 0 Å².